The van der Waals surface area contributed by atoms with E-state index in [9.17, 15) is 29.2 Å². The molecule has 3 saturated heterocycles. The van der Waals surface area contributed by atoms with Crippen LogP contribution in [0, 0.1) is 34.0 Å². The molecule has 2 N–H and O–H groups in total. The first kappa shape index (κ1) is 41.8. The fourth-order valence-electron chi connectivity index (χ4n) is 11.7. The van der Waals surface area contributed by atoms with Crippen LogP contribution in [-0.4, -0.2) is 108 Å². The van der Waals surface area contributed by atoms with E-state index in [1.54, 1.807) is 36.5 Å². The molecule has 3 aromatic rings. The van der Waals surface area contributed by atoms with Gasteiger partial charge in [0.15, 0.2) is 0 Å². The Morgan fingerprint density at radius 3 is 2.32 bits per heavy atom. The number of ether oxygens (including phenoxy) is 1. The van der Waals surface area contributed by atoms with E-state index in [4.69, 9.17) is 21.3 Å². The number of fused-ring (bicyclic) bond motifs is 2. The van der Waals surface area contributed by atoms with Crippen molar-refractivity contribution in [1.82, 2.24) is 25.4 Å². The number of halogens is 1. The highest BCUT2D eigenvalue weighted by atomic mass is 35.5. The zero-order valence-electron chi connectivity index (χ0n) is 35.7. The van der Waals surface area contributed by atoms with Gasteiger partial charge < -0.3 is 19.9 Å². The van der Waals surface area contributed by atoms with Crippen molar-refractivity contribution in [3.63, 3.8) is 0 Å². The summed E-state index contributed by atoms with van der Waals surface area (Å²) in [6.45, 7) is 13.7. The van der Waals surface area contributed by atoms with Gasteiger partial charge in [0.1, 0.15) is 29.8 Å². The Hall–Kier alpha value is -5.52. The van der Waals surface area contributed by atoms with Gasteiger partial charge in [-0.25, -0.2) is 4.98 Å². The van der Waals surface area contributed by atoms with E-state index in [1.165, 1.54) is 6.42 Å². The average molecular weight is 861 g/mol. The smallest absolute Gasteiger partial charge is 0.262 e. The molecule has 2 aromatic carbocycles. The van der Waals surface area contributed by atoms with Crippen molar-refractivity contribution in [1.29, 1.82) is 5.26 Å². The normalized spacial score (nSPS) is 28.0. The van der Waals surface area contributed by atoms with Gasteiger partial charge in [0.2, 0.25) is 11.8 Å². The maximum absolute atomic E-state index is 13.6. The number of carbonyl (C=O) groups excluding carboxylic acids is 5. The van der Waals surface area contributed by atoms with E-state index < -0.39 is 29.7 Å². The number of piperazine rings is 1. The Morgan fingerprint density at radius 2 is 1.63 bits per heavy atom. The van der Waals surface area contributed by atoms with E-state index in [1.807, 2.05) is 18.2 Å². The fraction of sp³-hybridized carbons (Fsp3) is 0.511. The first-order valence-corrected chi connectivity index (χ1v) is 22.2. The molecule has 0 bridgehead atoms. The van der Waals surface area contributed by atoms with Gasteiger partial charge in [-0.1, -0.05) is 39.3 Å². The third-order valence-electron chi connectivity index (χ3n) is 14.7. The highest BCUT2D eigenvalue weighted by Crippen LogP contribution is 2.55. The van der Waals surface area contributed by atoms with Crippen LogP contribution in [-0.2, 0) is 9.59 Å². The number of piperidine rings is 2. The molecule has 5 amide bonds. The van der Waals surface area contributed by atoms with Crippen LogP contribution in [0.1, 0.15) is 103 Å². The summed E-state index contributed by atoms with van der Waals surface area (Å²) in [5.74, 6) is 0.614. The van der Waals surface area contributed by atoms with Crippen LogP contribution < -0.4 is 25.2 Å². The zero-order valence-corrected chi connectivity index (χ0v) is 36.4. The van der Waals surface area contributed by atoms with Gasteiger partial charge in [-0.05, 0) is 86.4 Å². The second kappa shape index (κ2) is 16.0. The number of benzene rings is 2. The van der Waals surface area contributed by atoms with Crippen LogP contribution in [0.5, 0.6) is 5.75 Å². The number of imide groups is 2. The van der Waals surface area contributed by atoms with Crippen LogP contribution in [0.4, 0.5) is 11.5 Å². The summed E-state index contributed by atoms with van der Waals surface area (Å²) < 4.78 is 6.39. The standard InChI is InChI=1S/C47H53ClN8O6/c1-46(2)44(47(3,4)45(46)62-33-10-6-28(24-49)36(48)23-33)52-40(58)29-7-13-38(50-25-29)55-16-15-27-21-31(8-5-30(27)26-55)53-17-19-54(20-18-53)32-9-11-34-35(22-32)43(61)56(42(34)60)37-12-14-39(57)51-41(37)59/h6-7,9-11,13,22-23,25,27,30-31,37,44-45H,5,8,12,14-21,26H2,1-4H3,(H,52,58)(H,51,57,59)/t27-,30-,31-,37?,44-,45-/m1/s1. The molecule has 1 unspecified atom stereocenters. The van der Waals surface area contributed by atoms with Crippen molar-refractivity contribution in [2.75, 3.05) is 49.1 Å². The number of aromatic nitrogens is 1. The second-order valence-electron chi connectivity index (χ2n) is 19.1. The van der Waals surface area contributed by atoms with Crippen molar-refractivity contribution in [2.45, 2.75) is 90.4 Å². The molecule has 0 spiro atoms. The SMILES string of the molecule is CC1(C)[C@H](NC(=O)c2ccc(N3CC[C@@H]4C[C@H](N5CCN(c6ccc7c(c6)C(=O)N(C6CCC(=O)NC6=O)C7=O)CC5)CC[C@@H]4C3)nc2)C(C)(C)[C@H]1Oc1ccc(C#N)c(Cl)c1. The molecule has 0 radical (unpaired) electrons. The van der Waals surface area contributed by atoms with E-state index in [2.05, 4.69) is 59.1 Å². The molecule has 324 valence electrons. The number of rotatable bonds is 8. The number of hydrogen-bond donors (Lipinski definition) is 2. The summed E-state index contributed by atoms with van der Waals surface area (Å²) >= 11 is 6.26. The topological polar surface area (TPSA) is 168 Å². The number of pyridine rings is 1. The lowest BCUT2D eigenvalue weighted by atomic mass is 9.49. The third-order valence-corrected chi connectivity index (χ3v) is 15.0. The highest BCUT2D eigenvalue weighted by Gasteiger charge is 2.64. The summed E-state index contributed by atoms with van der Waals surface area (Å²) in [4.78, 5) is 77.4. The van der Waals surface area contributed by atoms with Gasteiger partial charge in [-0.15, -0.1) is 0 Å². The molecular formula is C47H53ClN8O6. The van der Waals surface area contributed by atoms with Crippen LogP contribution in [0.2, 0.25) is 5.02 Å². The second-order valence-corrected chi connectivity index (χ2v) is 19.5. The molecule has 2 aliphatic carbocycles. The minimum absolute atomic E-state index is 0.0919. The van der Waals surface area contributed by atoms with Crippen molar-refractivity contribution >= 4 is 52.6 Å². The first-order chi connectivity index (χ1) is 29.6. The van der Waals surface area contributed by atoms with Gasteiger partial charge >= 0.3 is 0 Å². The lowest BCUT2D eigenvalue weighted by Gasteiger charge is -2.63. The quantitative estimate of drug-likeness (QED) is 0.277. The largest absolute Gasteiger partial charge is 0.489 e. The number of nitrogens with zero attached hydrogens (tertiary/aromatic N) is 6. The molecule has 5 heterocycles. The Morgan fingerprint density at radius 1 is 0.871 bits per heavy atom. The fourth-order valence-corrected chi connectivity index (χ4v) is 11.9. The summed E-state index contributed by atoms with van der Waals surface area (Å²) in [6, 6.07) is 15.8. The van der Waals surface area contributed by atoms with E-state index in [0.29, 0.717) is 50.9 Å². The van der Waals surface area contributed by atoms with E-state index >= 15 is 0 Å². The molecule has 62 heavy (non-hydrogen) atoms. The molecule has 1 aromatic heterocycles. The first-order valence-electron chi connectivity index (χ1n) is 21.9. The predicted octanol–water partition coefficient (Wildman–Crippen LogP) is 5.44. The summed E-state index contributed by atoms with van der Waals surface area (Å²) in [5, 5.41) is 15.1. The van der Waals surface area contributed by atoms with E-state index in [-0.39, 0.29) is 41.7 Å². The van der Waals surface area contributed by atoms with Crippen LogP contribution >= 0.6 is 11.6 Å². The number of carbonyl (C=O) groups is 5. The summed E-state index contributed by atoms with van der Waals surface area (Å²) in [6.07, 6.45) is 6.31. The number of nitrogens with one attached hydrogen (secondary N) is 2. The lowest BCUT2D eigenvalue weighted by molar-refractivity contribution is -0.164. The number of anilines is 2. The van der Waals surface area contributed by atoms with Gasteiger partial charge in [-0.3, -0.25) is 39.1 Å². The average Bonchev–Trinajstić information content (AvgIpc) is 3.51. The van der Waals surface area contributed by atoms with Crippen LogP contribution in [0.25, 0.3) is 0 Å². The van der Waals surface area contributed by atoms with Gasteiger partial charge in [0.25, 0.3) is 17.7 Å². The Balaban J connectivity index is 0.746. The Kier molecular flexibility index (Phi) is 10.8. The van der Waals surface area contributed by atoms with Crippen molar-refractivity contribution < 1.29 is 28.7 Å². The predicted molar refractivity (Wildman–Crippen MR) is 232 cm³/mol. The third kappa shape index (κ3) is 7.36. The molecule has 4 aliphatic heterocycles. The van der Waals surface area contributed by atoms with Gasteiger partial charge in [0.05, 0.1) is 27.3 Å². The summed E-state index contributed by atoms with van der Waals surface area (Å²) in [5.41, 5.74) is 1.69. The number of nitriles is 1. The minimum atomic E-state index is -0.974. The lowest BCUT2D eigenvalue weighted by Crippen LogP contribution is -2.74. The van der Waals surface area contributed by atoms with Crippen LogP contribution in [0.3, 0.4) is 0 Å². The maximum Gasteiger partial charge on any atom is 0.262 e. The molecule has 6 aliphatic rings. The molecule has 9 rings (SSSR count). The number of hydrogen-bond acceptors (Lipinski definition) is 11. The van der Waals surface area contributed by atoms with Crippen molar-refractivity contribution in [3.05, 3.63) is 82.0 Å². The maximum atomic E-state index is 13.6. The highest BCUT2D eigenvalue weighted by molar-refractivity contribution is 6.31. The van der Waals surface area contributed by atoms with Crippen LogP contribution in [0.15, 0.2) is 54.7 Å². The number of amides is 5. The molecule has 5 fully saturated rings. The molecule has 14 nitrogen and oxygen atoms in total. The van der Waals surface area contributed by atoms with E-state index in [0.717, 1.165) is 74.9 Å². The molecule has 15 heteroatoms. The minimum Gasteiger partial charge on any atom is -0.489 e. The Bertz CT molecular complexity index is 2360. The Labute approximate surface area is 366 Å². The molecule has 2 saturated carbocycles. The zero-order chi connectivity index (χ0) is 43.7. The van der Waals surface area contributed by atoms with Gasteiger partial charge in [-0.2, -0.15) is 5.26 Å². The van der Waals surface area contributed by atoms with Crippen molar-refractivity contribution in [2.24, 2.45) is 22.7 Å². The molecular weight excluding hydrogens is 808 g/mol. The monoisotopic (exact) mass is 860 g/mol. The molecule has 4 atom stereocenters. The van der Waals surface area contributed by atoms with Gasteiger partial charge in [0, 0.05) is 86.6 Å². The van der Waals surface area contributed by atoms with Crippen molar-refractivity contribution in [3.8, 4) is 11.8 Å². The summed E-state index contributed by atoms with van der Waals surface area (Å²) in [7, 11) is 0.